The fourth-order valence-corrected chi connectivity index (χ4v) is 1.31. The Morgan fingerprint density at radius 3 is 2.78 bits per heavy atom. The first kappa shape index (κ1) is 13.9. The van der Waals surface area contributed by atoms with Gasteiger partial charge in [0.2, 0.25) is 0 Å². The maximum atomic E-state index is 10.8. The standard InChI is InChI=1S/C11H14N2O5/c1-7(18-2)6-12-9-5-8(11(14)15)3-4-10(9)13(16)17/h3-5,7,12H,6H2,1-2H3,(H,14,15). The number of rotatable bonds is 6. The summed E-state index contributed by atoms with van der Waals surface area (Å²) in [6, 6.07) is 3.61. The fraction of sp³-hybridized carbons (Fsp3) is 0.364. The molecule has 0 saturated heterocycles. The van der Waals surface area contributed by atoms with Crippen molar-refractivity contribution in [1.29, 1.82) is 0 Å². The molecule has 1 atom stereocenters. The van der Waals surface area contributed by atoms with Crippen molar-refractivity contribution in [3.8, 4) is 0 Å². The number of ether oxygens (including phenoxy) is 1. The van der Waals surface area contributed by atoms with E-state index in [4.69, 9.17) is 9.84 Å². The van der Waals surface area contributed by atoms with Crippen LogP contribution in [0.15, 0.2) is 18.2 Å². The second kappa shape index (κ2) is 5.97. The third-order valence-electron chi connectivity index (χ3n) is 2.42. The highest BCUT2D eigenvalue weighted by molar-refractivity contribution is 5.90. The van der Waals surface area contributed by atoms with Crippen molar-refractivity contribution in [2.45, 2.75) is 13.0 Å². The molecule has 0 fully saturated rings. The summed E-state index contributed by atoms with van der Waals surface area (Å²) in [5, 5.41) is 22.5. The van der Waals surface area contributed by atoms with Gasteiger partial charge in [-0.15, -0.1) is 0 Å². The zero-order valence-electron chi connectivity index (χ0n) is 10.0. The first-order chi connectivity index (χ1) is 8.45. The number of nitrogens with one attached hydrogen (secondary N) is 1. The number of aromatic carboxylic acids is 1. The highest BCUT2D eigenvalue weighted by Crippen LogP contribution is 2.25. The van der Waals surface area contributed by atoms with Gasteiger partial charge in [-0.05, 0) is 19.1 Å². The maximum absolute atomic E-state index is 10.8. The summed E-state index contributed by atoms with van der Waals surface area (Å²) in [5.41, 5.74) is 0.000253. The van der Waals surface area contributed by atoms with Crippen LogP contribution < -0.4 is 5.32 Å². The average Bonchev–Trinajstić information content (AvgIpc) is 2.35. The Kier molecular flexibility index (Phi) is 4.61. The number of nitro benzene ring substituents is 1. The van der Waals surface area contributed by atoms with Crippen LogP contribution in [-0.2, 0) is 4.74 Å². The Balaban J connectivity index is 3.00. The number of carboxylic acid groups (broad SMARTS) is 1. The van der Waals surface area contributed by atoms with Gasteiger partial charge in [0.25, 0.3) is 5.69 Å². The second-order valence-corrected chi connectivity index (χ2v) is 3.72. The first-order valence-corrected chi connectivity index (χ1v) is 5.24. The molecule has 18 heavy (non-hydrogen) atoms. The summed E-state index contributed by atoms with van der Waals surface area (Å²) in [6.07, 6.45) is -0.141. The van der Waals surface area contributed by atoms with Gasteiger partial charge in [-0.3, -0.25) is 10.1 Å². The van der Waals surface area contributed by atoms with Crippen LogP contribution in [0.5, 0.6) is 0 Å². The van der Waals surface area contributed by atoms with Crippen molar-refractivity contribution >= 4 is 17.3 Å². The van der Waals surface area contributed by atoms with E-state index in [9.17, 15) is 14.9 Å². The first-order valence-electron chi connectivity index (χ1n) is 5.24. The number of hydrogen-bond donors (Lipinski definition) is 2. The van der Waals surface area contributed by atoms with E-state index in [2.05, 4.69) is 5.32 Å². The number of nitro groups is 1. The number of anilines is 1. The summed E-state index contributed by atoms with van der Waals surface area (Å²) >= 11 is 0. The van der Waals surface area contributed by atoms with Crippen LogP contribution in [0.25, 0.3) is 0 Å². The number of carboxylic acids is 1. The topological polar surface area (TPSA) is 102 Å². The van der Waals surface area contributed by atoms with Crippen molar-refractivity contribution in [3.63, 3.8) is 0 Å². The van der Waals surface area contributed by atoms with Crippen LogP contribution in [-0.4, -0.2) is 35.8 Å². The highest BCUT2D eigenvalue weighted by Gasteiger charge is 2.16. The number of carbonyl (C=O) groups is 1. The minimum Gasteiger partial charge on any atom is -0.478 e. The normalized spacial score (nSPS) is 11.9. The maximum Gasteiger partial charge on any atom is 0.335 e. The molecular formula is C11H14N2O5. The van der Waals surface area contributed by atoms with E-state index in [1.54, 1.807) is 6.92 Å². The van der Waals surface area contributed by atoms with Gasteiger partial charge in [-0.25, -0.2) is 4.79 Å². The van der Waals surface area contributed by atoms with E-state index in [0.29, 0.717) is 6.54 Å². The summed E-state index contributed by atoms with van der Waals surface area (Å²) in [5.74, 6) is -1.13. The molecule has 0 spiro atoms. The van der Waals surface area contributed by atoms with Gasteiger partial charge in [-0.1, -0.05) is 0 Å². The lowest BCUT2D eigenvalue weighted by Gasteiger charge is -2.12. The van der Waals surface area contributed by atoms with Gasteiger partial charge in [0.1, 0.15) is 5.69 Å². The lowest BCUT2D eigenvalue weighted by Crippen LogP contribution is -2.18. The van der Waals surface area contributed by atoms with Crippen molar-refractivity contribution in [1.82, 2.24) is 0 Å². The van der Waals surface area contributed by atoms with Crippen molar-refractivity contribution in [3.05, 3.63) is 33.9 Å². The Labute approximate surface area is 104 Å². The van der Waals surface area contributed by atoms with Gasteiger partial charge in [0, 0.05) is 19.7 Å². The molecule has 98 valence electrons. The van der Waals surface area contributed by atoms with E-state index >= 15 is 0 Å². The van der Waals surface area contributed by atoms with Crippen LogP contribution in [0, 0.1) is 10.1 Å². The summed E-state index contributed by atoms with van der Waals surface area (Å²) in [7, 11) is 1.52. The molecule has 0 aliphatic rings. The van der Waals surface area contributed by atoms with E-state index < -0.39 is 10.9 Å². The minimum atomic E-state index is -1.13. The van der Waals surface area contributed by atoms with Gasteiger partial charge in [0.05, 0.1) is 16.6 Å². The molecule has 0 aliphatic heterocycles. The molecule has 0 bridgehead atoms. The molecule has 1 aromatic carbocycles. The quantitative estimate of drug-likeness (QED) is 0.592. The minimum absolute atomic E-state index is 0.00632. The number of nitrogens with zero attached hydrogens (tertiary/aromatic N) is 1. The third kappa shape index (κ3) is 3.42. The molecule has 0 saturated carbocycles. The molecule has 2 N–H and O–H groups in total. The monoisotopic (exact) mass is 254 g/mol. The summed E-state index contributed by atoms with van der Waals surface area (Å²) in [4.78, 5) is 21.0. The van der Waals surface area contributed by atoms with Crippen LogP contribution in [0.1, 0.15) is 17.3 Å². The van der Waals surface area contributed by atoms with Gasteiger partial charge >= 0.3 is 5.97 Å². The molecular weight excluding hydrogens is 240 g/mol. The predicted molar refractivity (Wildman–Crippen MR) is 65.0 cm³/mol. The van der Waals surface area contributed by atoms with Gasteiger partial charge in [-0.2, -0.15) is 0 Å². The van der Waals surface area contributed by atoms with E-state index in [-0.39, 0.29) is 23.0 Å². The Morgan fingerprint density at radius 2 is 2.28 bits per heavy atom. The van der Waals surface area contributed by atoms with Crippen LogP contribution in [0.4, 0.5) is 11.4 Å². The average molecular weight is 254 g/mol. The Hall–Kier alpha value is -2.15. The van der Waals surface area contributed by atoms with Crippen molar-refractivity contribution < 1.29 is 19.6 Å². The zero-order valence-corrected chi connectivity index (χ0v) is 10.0. The third-order valence-corrected chi connectivity index (χ3v) is 2.42. The molecule has 1 unspecified atom stereocenters. The smallest absolute Gasteiger partial charge is 0.335 e. The molecule has 1 rings (SSSR count). The molecule has 7 nitrogen and oxygen atoms in total. The van der Waals surface area contributed by atoms with E-state index in [1.165, 1.54) is 25.3 Å². The Morgan fingerprint density at radius 1 is 1.61 bits per heavy atom. The highest BCUT2D eigenvalue weighted by atomic mass is 16.6. The summed E-state index contributed by atoms with van der Waals surface area (Å²) in [6.45, 7) is 2.14. The molecule has 0 aromatic heterocycles. The molecule has 1 aromatic rings. The lowest BCUT2D eigenvalue weighted by atomic mass is 10.1. The molecule has 0 aliphatic carbocycles. The van der Waals surface area contributed by atoms with Crippen LogP contribution >= 0.6 is 0 Å². The van der Waals surface area contributed by atoms with E-state index in [0.717, 1.165) is 0 Å². The van der Waals surface area contributed by atoms with Crippen LogP contribution in [0.3, 0.4) is 0 Å². The summed E-state index contributed by atoms with van der Waals surface area (Å²) < 4.78 is 5.00. The zero-order chi connectivity index (χ0) is 13.7. The van der Waals surface area contributed by atoms with Crippen molar-refractivity contribution in [2.24, 2.45) is 0 Å². The van der Waals surface area contributed by atoms with Crippen LogP contribution in [0.2, 0.25) is 0 Å². The molecule has 7 heteroatoms. The second-order valence-electron chi connectivity index (χ2n) is 3.72. The molecule has 0 radical (unpaired) electrons. The van der Waals surface area contributed by atoms with E-state index in [1.807, 2.05) is 0 Å². The fourth-order valence-electron chi connectivity index (χ4n) is 1.31. The van der Waals surface area contributed by atoms with Crippen molar-refractivity contribution in [2.75, 3.05) is 19.0 Å². The number of benzene rings is 1. The largest absolute Gasteiger partial charge is 0.478 e. The molecule has 0 amide bonds. The SMILES string of the molecule is COC(C)CNc1cc(C(=O)O)ccc1[N+](=O)[O-]. The van der Waals surface area contributed by atoms with Gasteiger partial charge in [0.15, 0.2) is 0 Å². The lowest BCUT2D eigenvalue weighted by molar-refractivity contribution is -0.384. The van der Waals surface area contributed by atoms with Gasteiger partial charge < -0.3 is 15.2 Å². The number of methoxy groups -OCH3 is 1. The predicted octanol–water partition coefficient (Wildman–Crippen LogP) is 1.74. The molecule has 0 heterocycles. The number of hydrogen-bond acceptors (Lipinski definition) is 5. The Bertz CT molecular complexity index is 461.